The minimum Gasteiger partial charge on any atom is -0.354 e. The van der Waals surface area contributed by atoms with Crippen molar-refractivity contribution in [1.82, 2.24) is 10.3 Å². The number of aromatic nitrogens is 1. The van der Waals surface area contributed by atoms with Crippen LogP contribution in [0.3, 0.4) is 0 Å². The fraction of sp³-hybridized carbons (Fsp3) is 0.667. The normalized spacial score (nSPS) is 11.7. The number of anilines is 1. The monoisotopic (exact) mass is 249 g/mol. The van der Waals surface area contributed by atoms with Crippen LogP contribution >= 0.6 is 0 Å². The summed E-state index contributed by atoms with van der Waals surface area (Å²) in [5, 5.41) is 3.24. The summed E-state index contributed by atoms with van der Waals surface area (Å²) in [4.78, 5) is 7.06. The van der Waals surface area contributed by atoms with E-state index in [1.54, 1.807) is 0 Å². The molecular formula is C15H27N3. The van der Waals surface area contributed by atoms with Crippen LogP contribution in [0.4, 0.5) is 5.82 Å². The number of nitrogens with zero attached hydrogens (tertiary/aromatic N) is 2. The van der Waals surface area contributed by atoms with E-state index in [9.17, 15) is 0 Å². The maximum atomic E-state index is 4.75. The van der Waals surface area contributed by atoms with Crippen molar-refractivity contribution in [2.24, 2.45) is 0 Å². The van der Waals surface area contributed by atoms with Gasteiger partial charge < -0.3 is 10.2 Å². The molecule has 0 amide bonds. The minimum atomic E-state index is 0.121. The van der Waals surface area contributed by atoms with Gasteiger partial charge >= 0.3 is 0 Å². The molecule has 0 aliphatic carbocycles. The molecule has 0 aromatic carbocycles. The summed E-state index contributed by atoms with van der Waals surface area (Å²) in [6, 6.07) is 2.16. The molecule has 0 bridgehead atoms. The third-order valence-corrected chi connectivity index (χ3v) is 3.90. The number of nitrogens with one attached hydrogen (secondary N) is 1. The molecule has 0 fully saturated rings. The number of rotatable bonds is 5. The summed E-state index contributed by atoms with van der Waals surface area (Å²) in [5.74, 6) is 1.11. The van der Waals surface area contributed by atoms with E-state index in [-0.39, 0.29) is 5.54 Å². The van der Waals surface area contributed by atoms with Crippen molar-refractivity contribution >= 4 is 5.82 Å². The second-order valence-corrected chi connectivity index (χ2v) is 5.64. The lowest BCUT2D eigenvalue weighted by molar-refractivity contribution is 0.465. The summed E-state index contributed by atoms with van der Waals surface area (Å²) in [5.41, 5.74) is 3.81. The van der Waals surface area contributed by atoms with Crippen molar-refractivity contribution in [3.05, 3.63) is 22.9 Å². The van der Waals surface area contributed by atoms with Gasteiger partial charge in [0.2, 0.25) is 0 Å². The van der Waals surface area contributed by atoms with Crippen molar-refractivity contribution in [3.8, 4) is 0 Å². The Labute approximate surface area is 112 Å². The lowest BCUT2D eigenvalue weighted by Crippen LogP contribution is -2.42. The Morgan fingerprint density at radius 1 is 1.33 bits per heavy atom. The molecule has 0 aliphatic rings. The molecule has 0 radical (unpaired) electrons. The molecular weight excluding hydrogens is 222 g/mol. The van der Waals surface area contributed by atoms with E-state index in [2.05, 4.69) is 57.9 Å². The summed E-state index contributed by atoms with van der Waals surface area (Å²) in [6.45, 7) is 11.8. The Hall–Kier alpha value is -1.09. The Balaban J connectivity index is 3.29. The van der Waals surface area contributed by atoms with Crippen molar-refractivity contribution in [2.75, 3.05) is 19.0 Å². The van der Waals surface area contributed by atoms with Gasteiger partial charge in [-0.1, -0.05) is 6.92 Å². The van der Waals surface area contributed by atoms with Crippen LogP contribution in [0.2, 0.25) is 0 Å². The molecule has 1 aromatic heterocycles. The third-order valence-electron chi connectivity index (χ3n) is 3.90. The van der Waals surface area contributed by atoms with Gasteiger partial charge in [-0.15, -0.1) is 0 Å². The van der Waals surface area contributed by atoms with Crippen LogP contribution < -0.4 is 10.2 Å². The maximum Gasteiger partial charge on any atom is 0.133 e. The molecule has 1 heterocycles. The van der Waals surface area contributed by atoms with Gasteiger partial charge in [0.05, 0.1) is 0 Å². The molecule has 3 heteroatoms. The highest BCUT2D eigenvalue weighted by atomic mass is 15.2. The van der Waals surface area contributed by atoms with Crippen LogP contribution in [0.5, 0.6) is 0 Å². The number of pyridine rings is 1. The van der Waals surface area contributed by atoms with Crippen LogP contribution in [0.25, 0.3) is 0 Å². The molecule has 1 aromatic rings. The number of hydrogen-bond acceptors (Lipinski definition) is 3. The summed E-state index contributed by atoms with van der Waals surface area (Å²) in [7, 11) is 4.12. The predicted octanol–water partition coefficient (Wildman–Crippen LogP) is 3.04. The van der Waals surface area contributed by atoms with Crippen LogP contribution in [-0.4, -0.2) is 24.6 Å². The lowest BCUT2D eigenvalue weighted by Gasteiger charge is -2.37. The fourth-order valence-electron chi connectivity index (χ4n) is 2.04. The zero-order valence-electron chi connectivity index (χ0n) is 12.9. The molecule has 0 atom stereocenters. The third kappa shape index (κ3) is 3.02. The Morgan fingerprint density at radius 2 is 1.94 bits per heavy atom. The molecule has 0 saturated carbocycles. The molecule has 0 saturated heterocycles. The van der Waals surface area contributed by atoms with E-state index >= 15 is 0 Å². The lowest BCUT2D eigenvalue weighted by atomic mass is 9.98. The van der Waals surface area contributed by atoms with E-state index in [0.29, 0.717) is 0 Å². The van der Waals surface area contributed by atoms with Crippen molar-refractivity contribution in [1.29, 1.82) is 0 Å². The van der Waals surface area contributed by atoms with Crippen LogP contribution in [0.15, 0.2) is 6.07 Å². The zero-order chi connectivity index (χ0) is 13.9. The quantitative estimate of drug-likeness (QED) is 0.869. The van der Waals surface area contributed by atoms with Crippen molar-refractivity contribution in [2.45, 2.75) is 53.1 Å². The second-order valence-electron chi connectivity index (χ2n) is 5.64. The van der Waals surface area contributed by atoms with E-state index in [0.717, 1.165) is 24.5 Å². The standard InChI is InChI=1S/C15H27N3/c1-8-15(4,5)18(7)14-13(10-16-6)11(2)9-12(3)17-14/h9,16H,8,10H2,1-7H3. The van der Waals surface area contributed by atoms with Gasteiger partial charge in [0.15, 0.2) is 0 Å². The summed E-state index contributed by atoms with van der Waals surface area (Å²) >= 11 is 0. The fourth-order valence-corrected chi connectivity index (χ4v) is 2.04. The van der Waals surface area contributed by atoms with Crippen molar-refractivity contribution in [3.63, 3.8) is 0 Å². The number of aryl methyl sites for hydroxylation is 2. The Morgan fingerprint density at radius 3 is 2.44 bits per heavy atom. The van der Waals surface area contributed by atoms with Crippen LogP contribution in [0, 0.1) is 13.8 Å². The van der Waals surface area contributed by atoms with Crippen LogP contribution in [-0.2, 0) is 6.54 Å². The minimum absolute atomic E-state index is 0.121. The highest BCUT2D eigenvalue weighted by Crippen LogP contribution is 2.28. The molecule has 102 valence electrons. The Kier molecular flexibility index (Phi) is 4.74. The van der Waals surface area contributed by atoms with E-state index in [1.807, 2.05) is 7.05 Å². The molecule has 3 nitrogen and oxygen atoms in total. The van der Waals surface area contributed by atoms with E-state index in [4.69, 9.17) is 4.98 Å². The van der Waals surface area contributed by atoms with Gasteiger partial charge in [0.25, 0.3) is 0 Å². The highest BCUT2D eigenvalue weighted by molar-refractivity contribution is 5.52. The van der Waals surface area contributed by atoms with Gasteiger partial charge in [-0.2, -0.15) is 0 Å². The summed E-state index contributed by atoms with van der Waals surface area (Å²) in [6.07, 6.45) is 1.09. The van der Waals surface area contributed by atoms with Gasteiger partial charge in [0, 0.05) is 30.4 Å². The summed E-state index contributed by atoms with van der Waals surface area (Å²) < 4.78 is 0. The van der Waals surface area contributed by atoms with Crippen molar-refractivity contribution < 1.29 is 0 Å². The smallest absolute Gasteiger partial charge is 0.133 e. The molecule has 0 unspecified atom stereocenters. The van der Waals surface area contributed by atoms with E-state index < -0.39 is 0 Å². The average molecular weight is 249 g/mol. The highest BCUT2D eigenvalue weighted by Gasteiger charge is 2.25. The first-order valence-electron chi connectivity index (χ1n) is 6.69. The predicted molar refractivity (Wildman–Crippen MR) is 79.2 cm³/mol. The van der Waals surface area contributed by atoms with Gasteiger partial charge in [0.1, 0.15) is 5.82 Å². The topological polar surface area (TPSA) is 28.2 Å². The largest absolute Gasteiger partial charge is 0.354 e. The SMILES string of the molecule is CCC(C)(C)N(C)c1nc(C)cc(C)c1CNC. The number of hydrogen-bond donors (Lipinski definition) is 1. The average Bonchev–Trinajstić information content (AvgIpc) is 2.31. The maximum absolute atomic E-state index is 4.75. The van der Waals surface area contributed by atoms with Gasteiger partial charge in [-0.25, -0.2) is 4.98 Å². The first kappa shape index (κ1) is 15.0. The first-order chi connectivity index (χ1) is 8.33. The molecule has 0 spiro atoms. The zero-order valence-corrected chi connectivity index (χ0v) is 12.9. The molecule has 1 rings (SSSR count). The van der Waals surface area contributed by atoms with Crippen LogP contribution in [0.1, 0.15) is 44.0 Å². The first-order valence-corrected chi connectivity index (χ1v) is 6.69. The second kappa shape index (κ2) is 5.70. The molecule has 1 N–H and O–H groups in total. The molecule has 0 aliphatic heterocycles. The Bertz CT molecular complexity index is 410. The molecule has 18 heavy (non-hydrogen) atoms. The van der Waals surface area contributed by atoms with Gasteiger partial charge in [-0.3, -0.25) is 0 Å². The van der Waals surface area contributed by atoms with Gasteiger partial charge in [-0.05, 0) is 52.8 Å². The van der Waals surface area contributed by atoms with E-state index in [1.165, 1.54) is 11.1 Å².